The first-order valence-electron chi connectivity index (χ1n) is 3.59. The largest absolute Gasteiger partial charge is 0.392 e. The van der Waals surface area contributed by atoms with Gasteiger partial charge in [-0.05, 0) is 12.1 Å². The Balaban J connectivity index is 3.24. The van der Waals surface area contributed by atoms with Gasteiger partial charge in [0.2, 0.25) is 0 Å². The molecule has 0 unspecified atom stereocenters. The van der Waals surface area contributed by atoms with Crippen LogP contribution >= 0.6 is 0 Å². The monoisotopic (exact) mass is 252 g/mol. The van der Waals surface area contributed by atoms with Crippen molar-refractivity contribution in [3.05, 3.63) is 30.3 Å². The molecular formula is C6H8N2O5S2. The fourth-order valence-corrected chi connectivity index (χ4v) is 2.26. The van der Waals surface area contributed by atoms with E-state index in [9.17, 15) is 16.8 Å². The molecule has 0 aliphatic carbocycles. The maximum Gasteiger partial charge on any atom is 0.392 e. The third-order valence-electron chi connectivity index (χ3n) is 1.52. The molecule has 0 bridgehead atoms. The lowest BCUT2D eigenvalue weighted by Gasteiger charge is -2.15. The Kier molecular flexibility index (Phi) is 3.00. The molecule has 0 atom stereocenters. The van der Waals surface area contributed by atoms with E-state index < -0.39 is 18.2 Å². The Morgan fingerprint density at radius 3 is 1.93 bits per heavy atom. The standard InChI is InChI=1S/C6H8N2O5S2/c7-8(6-4-2-1-3-5-6)14(9,10)15(11,12)13/h1-5H,7H2,(H,11,12,13). The lowest BCUT2D eigenvalue weighted by atomic mass is 10.3. The first kappa shape index (κ1) is 11.9. The molecule has 1 rings (SSSR count). The topological polar surface area (TPSA) is 118 Å². The summed E-state index contributed by atoms with van der Waals surface area (Å²) < 4.78 is 51.7. The summed E-state index contributed by atoms with van der Waals surface area (Å²) in [7, 11) is -10.3. The molecule has 0 saturated heterocycles. The number of anilines is 1. The predicted octanol–water partition coefficient (Wildman–Crippen LogP) is -0.501. The summed E-state index contributed by atoms with van der Waals surface area (Å²) in [5.41, 5.74) is -0.0740. The first-order chi connectivity index (χ1) is 6.77. The first-order valence-corrected chi connectivity index (χ1v) is 6.99. The second kappa shape index (κ2) is 3.77. The van der Waals surface area contributed by atoms with Gasteiger partial charge in [-0.25, -0.2) is 5.84 Å². The van der Waals surface area contributed by atoms with Crippen molar-refractivity contribution in [2.45, 2.75) is 0 Å². The number of hydrogen-bond donors (Lipinski definition) is 2. The highest BCUT2D eigenvalue weighted by atomic mass is 33.2. The normalized spacial score (nSPS) is 12.4. The molecule has 0 saturated carbocycles. The molecule has 0 aliphatic rings. The Hall–Kier alpha value is -1.16. The minimum absolute atomic E-state index is 0.0116. The fourth-order valence-electron chi connectivity index (χ4n) is 0.805. The molecule has 0 aromatic heterocycles. The van der Waals surface area contributed by atoms with Gasteiger partial charge in [-0.3, -0.25) is 4.55 Å². The predicted molar refractivity (Wildman–Crippen MR) is 53.6 cm³/mol. The summed E-state index contributed by atoms with van der Waals surface area (Å²) in [6.45, 7) is 0. The van der Waals surface area contributed by atoms with Gasteiger partial charge in [-0.1, -0.05) is 18.2 Å². The van der Waals surface area contributed by atoms with E-state index in [2.05, 4.69) is 0 Å². The van der Waals surface area contributed by atoms with E-state index in [4.69, 9.17) is 10.4 Å². The summed E-state index contributed by atoms with van der Waals surface area (Å²) in [6.07, 6.45) is 0. The van der Waals surface area contributed by atoms with Crippen LogP contribution in [-0.4, -0.2) is 21.4 Å². The summed E-state index contributed by atoms with van der Waals surface area (Å²) in [5.74, 6) is 5.07. The summed E-state index contributed by atoms with van der Waals surface area (Å²) in [6, 6.07) is 7.09. The number of hydrazine groups is 1. The molecule has 15 heavy (non-hydrogen) atoms. The van der Waals surface area contributed by atoms with Crippen molar-refractivity contribution in [3.8, 4) is 0 Å². The van der Waals surface area contributed by atoms with Crippen LogP contribution < -0.4 is 10.3 Å². The lowest BCUT2D eigenvalue weighted by molar-refractivity contribution is 0.492. The quantitative estimate of drug-likeness (QED) is 0.324. The van der Waals surface area contributed by atoms with Gasteiger partial charge in [0.15, 0.2) is 0 Å². The maximum absolute atomic E-state index is 11.1. The SMILES string of the molecule is NN(c1ccccc1)S(=O)(=O)S(=O)(=O)O. The minimum Gasteiger partial charge on any atom is -0.272 e. The molecule has 7 nitrogen and oxygen atoms in total. The average Bonchev–Trinajstić information content (AvgIpc) is 2.16. The van der Waals surface area contributed by atoms with Crippen LogP contribution in [0.15, 0.2) is 30.3 Å². The van der Waals surface area contributed by atoms with Gasteiger partial charge >= 0.3 is 18.2 Å². The van der Waals surface area contributed by atoms with Crippen LogP contribution in [0.1, 0.15) is 0 Å². The van der Waals surface area contributed by atoms with Crippen molar-refractivity contribution in [1.82, 2.24) is 0 Å². The highest BCUT2D eigenvalue weighted by Crippen LogP contribution is 2.15. The van der Waals surface area contributed by atoms with E-state index in [-0.39, 0.29) is 10.1 Å². The molecule has 84 valence electrons. The second-order valence-electron chi connectivity index (χ2n) is 2.52. The van der Waals surface area contributed by atoms with Crippen molar-refractivity contribution in [2.24, 2.45) is 5.84 Å². The van der Waals surface area contributed by atoms with Crippen molar-refractivity contribution in [3.63, 3.8) is 0 Å². The summed E-state index contributed by atoms with van der Waals surface area (Å²) in [5, 5.41) is 0. The molecule has 0 spiro atoms. The number of para-hydroxylation sites is 1. The Morgan fingerprint density at radius 2 is 1.53 bits per heavy atom. The smallest absolute Gasteiger partial charge is 0.272 e. The average molecular weight is 252 g/mol. The van der Waals surface area contributed by atoms with Crippen molar-refractivity contribution < 1.29 is 21.4 Å². The number of hydrogen-bond acceptors (Lipinski definition) is 5. The Morgan fingerprint density at radius 1 is 1.07 bits per heavy atom. The molecule has 0 radical (unpaired) electrons. The van der Waals surface area contributed by atoms with E-state index in [1.807, 2.05) is 0 Å². The van der Waals surface area contributed by atoms with Gasteiger partial charge in [-0.2, -0.15) is 21.2 Å². The van der Waals surface area contributed by atoms with E-state index in [1.54, 1.807) is 6.07 Å². The highest BCUT2D eigenvalue weighted by Gasteiger charge is 2.33. The number of nitrogens with zero attached hydrogens (tertiary/aromatic N) is 1. The number of nitrogens with two attached hydrogens (primary N) is 1. The third-order valence-corrected chi connectivity index (χ3v) is 4.82. The second-order valence-corrected chi connectivity index (χ2v) is 7.15. The minimum atomic E-state index is -5.28. The van der Waals surface area contributed by atoms with Crippen molar-refractivity contribution in [2.75, 3.05) is 4.41 Å². The van der Waals surface area contributed by atoms with E-state index in [1.165, 1.54) is 24.3 Å². The van der Waals surface area contributed by atoms with E-state index >= 15 is 0 Å². The van der Waals surface area contributed by atoms with Crippen LogP contribution in [-0.2, 0) is 18.2 Å². The van der Waals surface area contributed by atoms with Gasteiger partial charge in [-0.15, -0.1) is 0 Å². The van der Waals surface area contributed by atoms with Gasteiger partial charge in [0.1, 0.15) is 0 Å². The van der Waals surface area contributed by atoms with Crippen LogP contribution in [0.5, 0.6) is 0 Å². The van der Waals surface area contributed by atoms with Crippen LogP contribution in [0.25, 0.3) is 0 Å². The molecule has 9 heteroatoms. The van der Waals surface area contributed by atoms with E-state index in [0.29, 0.717) is 0 Å². The summed E-state index contributed by atoms with van der Waals surface area (Å²) in [4.78, 5) is 0. The molecule has 0 aliphatic heterocycles. The van der Waals surface area contributed by atoms with Crippen molar-refractivity contribution >= 4 is 23.9 Å². The maximum atomic E-state index is 11.1. The zero-order valence-electron chi connectivity index (χ0n) is 7.31. The van der Waals surface area contributed by atoms with Crippen molar-refractivity contribution in [1.29, 1.82) is 0 Å². The van der Waals surface area contributed by atoms with Gasteiger partial charge in [0.25, 0.3) is 0 Å². The molecule has 1 aromatic rings. The van der Waals surface area contributed by atoms with Crippen LogP contribution in [0.4, 0.5) is 5.69 Å². The fraction of sp³-hybridized carbons (Fsp3) is 0. The molecular weight excluding hydrogens is 244 g/mol. The molecule has 0 amide bonds. The molecule has 0 heterocycles. The molecule has 1 aromatic carbocycles. The summed E-state index contributed by atoms with van der Waals surface area (Å²) >= 11 is 0. The van der Waals surface area contributed by atoms with Crippen LogP contribution in [0.2, 0.25) is 0 Å². The van der Waals surface area contributed by atoms with E-state index in [0.717, 1.165) is 0 Å². The zero-order valence-corrected chi connectivity index (χ0v) is 8.94. The van der Waals surface area contributed by atoms with Crippen LogP contribution in [0.3, 0.4) is 0 Å². The third kappa shape index (κ3) is 2.26. The zero-order chi connectivity index (χ0) is 11.7. The lowest BCUT2D eigenvalue weighted by Crippen LogP contribution is -2.41. The van der Waals surface area contributed by atoms with Crippen LogP contribution in [0, 0.1) is 0 Å². The molecule has 0 fully saturated rings. The molecule has 3 N–H and O–H groups in total. The highest BCUT2D eigenvalue weighted by molar-refractivity contribution is 8.65. The van der Waals surface area contributed by atoms with Gasteiger partial charge < -0.3 is 0 Å². The van der Waals surface area contributed by atoms with Gasteiger partial charge in [0, 0.05) is 0 Å². The van der Waals surface area contributed by atoms with Gasteiger partial charge in [0.05, 0.1) is 5.69 Å². The Bertz CT molecular complexity index is 536. The number of benzene rings is 1. The Labute approximate surface area is 86.3 Å². The number of rotatable bonds is 3.